The number of anilines is 1. The predicted octanol–water partition coefficient (Wildman–Crippen LogP) is 4.87. The lowest BCUT2D eigenvalue weighted by Crippen LogP contribution is -2.51. The van der Waals surface area contributed by atoms with Crippen molar-refractivity contribution >= 4 is 17.5 Å². The lowest BCUT2D eigenvalue weighted by Gasteiger charge is -2.40. The molecule has 3 aliphatic rings. The predicted molar refractivity (Wildman–Crippen MR) is 189 cm³/mol. The second-order valence-corrected chi connectivity index (χ2v) is 14.1. The fraction of sp³-hybridized carbons (Fsp3) is 0.513. The van der Waals surface area contributed by atoms with Crippen LogP contribution in [-0.4, -0.2) is 66.0 Å². The first kappa shape index (κ1) is 34.9. The zero-order chi connectivity index (χ0) is 34.5. The van der Waals surface area contributed by atoms with Crippen LogP contribution in [0.25, 0.3) is 0 Å². The third-order valence-electron chi connectivity index (χ3n) is 10.3. The van der Waals surface area contributed by atoms with E-state index in [1.165, 1.54) is 10.5 Å². The van der Waals surface area contributed by atoms with Crippen molar-refractivity contribution in [3.05, 3.63) is 93.4 Å². The molecule has 2 amide bonds. The molecule has 10 heteroatoms. The minimum atomic E-state index is -0.946. The summed E-state index contributed by atoms with van der Waals surface area (Å²) in [5.41, 5.74) is 3.00. The first-order valence-corrected chi connectivity index (χ1v) is 17.8. The lowest BCUT2D eigenvalue weighted by atomic mass is 9.87. The summed E-state index contributed by atoms with van der Waals surface area (Å²) in [6.45, 7) is 5.25. The van der Waals surface area contributed by atoms with E-state index in [-0.39, 0.29) is 35.8 Å². The highest BCUT2D eigenvalue weighted by molar-refractivity contribution is 5.98. The van der Waals surface area contributed by atoms with Gasteiger partial charge in [-0.05, 0) is 62.3 Å². The number of amides is 2. The van der Waals surface area contributed by atoms with Crippen LogP contribution in [-0.2, 0) is 22.4 Å². The van der Waals surface area contributed by atoms with Crippen LogP contribution in [0.2, 0.25) is 0 Å². The molecule has 2 aromatic carbocycles. The molecule has 1 saturated carbocycles. The van der Waals surface area contributed by atoms with Crippen molar-refractivity contribution in [3.63, 3.8) is 0 Å². The van der Waals surface area contributed by atoms with Gasteiger partial charge in [-0.15, -0.1) is 0 Å². The number of hydrogen-bond donors (Lipinski definition) is 3. The van der Waals surface area contributed by atoms with Gasteiger partial charge in [0.1, 0.15) is 17.0 Å². The van der Waals surface area contributed by atoms with Gasteiger partial charge >= 0.3 is 0 Å². The molecule has 262 valence electrons. The van der Waals surface area contributed by atoms with E-state index in [2.05, 4.69) is 29.7 Å². The summed E-state index contributed by atoms with van der Waals surface area (Å²) in [5.74, 6) is 0.309. The van der Waals surface area contributed by atoms with Gasteiger partial charge in [-0.1, -0.05) is 62.2 Å². The summed E-state index contributed by atoms with van der Waals surface area (Å²) < 4.78 is 13.6. The number of carbonyl (C=O) groups excluding carboxylic acids is 2. The molecule has 0 bridgehead atoms. The molecule has 2 aliphatic heterocycles. The lowest BCUT2D eigenvalue weighted by molar-refractivity contribution is -0.117. The standard InChI is InChI=1S/C39H50N4O6/c1-4-26-16-17-35-30(19-26)32(22-39(2,49-35)25-48-3)40-23-34(44)31(20-27-11-6-5-7-12-27)41-37(46)28-21-33(42-18-10-15-36(42)45)38(47)43(24-28)29-13-8-9-14-29/h5-7,11-12,16-17,19,21,24,29,31-32,34,40,44H,4,8-10,13-15,18,20,22-23,25H2,1-3H3,(H,41,46)/t31-,32-,34+,39+/m0/s1. The Morgan fingerprint density at radius 1 is 1.08 bits per heavy atom. The number of rotatable bonds is 13. The van der Waals surface area contributed by atoms with E-state index in [0.717, 1.165) is 49.0 Å². The van der Waals surface area contributed by atoms with Gasteiger partial charge in [-0.3, -0.25) is 14.4 Å². The largest absolute Gasteiger partial charge is 0.485 e. The van der Waals surface area contributed by atoms with Gasteiger partial charge in [-0.25, -0.2) is 0 Å². The van der Waals surface area contributed by atoms with Crippen LogP contribution in [0.15, 0.2) is 65.6 Å². The van der Waals surface area contributed by atoms with E-state index in [1.807, 2.05) is 43.3 Å². The van der Waals surface area contributed by atoms with Gasteiger partial charge in [-0.2, -0.15) is 0 Å². The molecule has 1 aromatic heterocycles. The number of aliphatic hydroxyl groups is 1. The molecule has 3 heterocycles. The third kappa shape index (κ3) is 7.92. The molecule has 0 unspecified atom stereocenters. The molecular weight excluding hydrogens is 620 g/mol. The number of pyridine rings is 1. The normalized spacial score (nSPS) is 22.1. The monoisotopic (exact) mass is 670 g/mol. The van der Waals surface area contributed by atoms with Crippen LogP contribution in [0.5, 0.6) is 5.75 Å². The number of aliphatic hydroxyl groups excluding tert-OH is 1. The summed E-state index contributed by atoms with van der Waals surface area (Å²) >= 11 is 0. The molecular formula is C39H50N4O6. The number of aryl methyl sites for hydroxylation is 1. The van der Waals surface area contributed by atoms with Gasteiger partial charge in [0.15, 0.2) is 0 Å². The SMILES string of the molecule is CCc1ccc2c(c1)[C@@H](NC[C@@H](O)[C@H](Cc1ccccc1)NC(=O)c1cc(N3CCCC3=O)c(=O)n(C3CCCC3)c1)C[C@](C)(COC)O2. The second kappa shape index (κ2) is 15.3. The smallest absolute Gasteiger partial charge is 0.274 e. The number of fused-ring (bicyclic) bond motifs is 1. The number of nitrogens with one attached hydrogen (secondary N) is 2. The summed E-state index contributed by atoms with van der Waals surface area (Å²) in [6, 6.07) is 16.8. The van der Waals surface area contributed by atoms with Crippen molar-refractivity contribution in [3.8, 4) is 5.75 Å². The van der Waals surface area contributed by atoms with Crippen molar-refractivity contribution in [1.82, 2.24) is 15.2 Å². The Labute approximate surface area is 288 Å². The van der Waals surface area contributed by atoms with Gasteiger partial charge in [0.2, 0.25) is 5.91 Å². The maximum absolute atomic E-state index is 14.1. The number of hydrogen-bond acceptors (Lipinski definition) is 7. The van der Waals surface area contributed by atoms with Crippen molar-refractivity contribution < 1.29 is 24.2 Å². The fourth-order valence-corrected chi connectivity index (χ4v) is 7.68. The number of benzene rings is 2. The van der Waals surface area contributed by atoms with E-state index >= 15 is 0 Å². The average Bonchev–Trinajstić information content (AvgIpc) is 3.79. The number of nitrogens with zero attached hydrogens (tertiary/aromatic N) is 2. The summed E-state index contributed by atoms with van der Waals surface area (Å²) in [6.07, 6.45) is 7.46. The first-order chi connectivity index (χ1) is 23.7. The summed E-state index contributed by atoms with van der Waals surface area (Å²) in [5, 5.41) is 18.5. The molecule has 6 rings (SSSR count). The third-order valence-corrected chi connectivity index (χ3v) is 10.3. The Morgan fingerprint density at radius 3 is 2.55 bits per heavy atom. The topological polar surface area (TPSA) is 122 Å². The molecule has 3 aromatic rings. The fourth-order valence-electron chi connectivity index (χ4n) is 7.68. The molecule has 0 spiro atoms. The first-order valence-electron chi connectivity index (χ1n) is 17.8. The van der Waals surface area contributed by atoms with Gasteiger partial charge < -0.3 is 34.7 Å². The minimum Gasteiger partial charge on any atom is -0.485 e. The molecule has 1 aliphatic carbocycles. The zero-order valence-electron chi connectivity index (χ0n) is 29.0. The molecule has 3 N–H and O–H groups in total. The number of ether oxygens (including phenoxy) is 2. The van der Waals surface area contributed by atoms with Crippen LogP contribution in [0.3, 0.4) is 0 Å². The second-order valence-electron chi connectivity index (χ2n) is 14.1. The Morgan fingerprint density at radius 2 is 1.86 bits per heavy atom. The van der Waals surface area contributed by atoms with E-state index in [4.69, 9.17) is 9.47 Å². The summed E-state index contributed by atoms with van der Waals surface area (Å²) in [4.78, 5) is 42.0. The Kier molecular flexibility index (Phi) is 10.9. The minimum absolute atomic E-state index is 0.00835. The van der Waals surface area contributed by atoms with Crippen LogP contribution >= 0.6 is 0 Å². The number of carbonyl (C=O) groups is 2. The van der Waals surface area contributed by atoms with E-state index in [9.17, 15) is 19.5 Å². The quantitative estimate of drug-likeness (QED) is 0.237. The molecule has 2 fully saturated rings. The molecule has 0 radical (unpaired) electrons. The van der Waals surface area contributed by atoms with Crippen LogP contribution in [0.4, 0.5) is 5.69 Å². The number of aromatic nitrogens is 1. The summed E-state index contributed by atoms with van der Waals surface area (Å²) in [7, 11) is 1.67. The van der Waals surface area contributed by atoms with Gasteiger partial charge in [0.05, 0.1) is 24.3 Å². The van der Waals surface area contributed by atoms with Gasteiger partial charge in [0.25, 0.3) is 11.5 Å². The molecule has 4 atom stereocenters. The Hall–Kier alpha value is -3.99. The molecule has 10 nitrogen and oxygen atoms in total. The van der Waals surface area contributed by atoms with Crippen molar-refractivity contribution in [1.29, 1.82) is 0 Å². The van der Waals surface area contributed by atoms with E-state index in [1.54, 1.807) is 23.9 Å². The highest BCUT2D eigenvalue weighted by Gasteiger charge is 2.38. The van der Waals surface area contributed by atoms with Crippen LogP contribution < -0.4 is 25.8 Å². The highest BCUT2D eigenvalue weighted by Crippen LogP contribution is 2.40. The number of methoxy groups -OCH3 is 1. The maximum atomic E-state index is 14.1. The molecule has 1 saturated heterocycles. The van der Waals surface area contributed by atoms with E-state index < -0.39 is 23.7 Å². The average molecular weight is 671 g/mol. The van der Waals surface area contributed by atoms with E-state index in [0.29, 0.717) is 44.4 Å². The van der Waals surface area contributed by atoms with Crippen molar-refractivity contribution in [2.45, 2.75) is 101 Å². The van der Waals surface area contributed by atoms with Crippen molar-refractivity contribution in [2.75, 3.05) is 31.7 Å². The Bertz CT molecular complexity index is 1690. The van der Waals surface area contributed by atoms with Gasteiger partial charge in [0, 0.05) is 56.9 Å². The molecule has 49 heavy (non-hydrogen) atoms. The zero-order valence-corrected chi connectivity index (χ0v) is 29.0. The highest BCUT2D eigenvalue weighted by atomic mass is 16.5. The van der Waals surface area contributed by atoms with Crippen molar-refractivity contribution in [2.24, 2.45) is 0 Å². The Balaban J connectivity index is 1.26. The maximum Gasteiger partial charge on any atom is 0.274 e. The van der Waals surface area contributed by atoms with Crippen LogP contribution in [0, 0.1) is 0 Å². The van der Waals surface area contributed by atoms with Crippen LogP contribution in [0.1, 0.15) is 97.9 Å².